The number of rotatable bonds is 4. The van der Waals surface area contributed by atoms with Gasteiger partial charge in [0.2, 0.25) is 11.8 Å². The van der Waals surface area contributed by atoms with Crippen molar-refractivity contribution in [1.29, 1.82) is 0 Å². The lowest BCUT2D eigenvalue weighted by molar-refractivity contribution is -0.113. The van der Waals surface area contributed by atoms with E-state index in [2.05, 4.69) is 36.5 Å². The van der Waals surface area contributed by atoms with Crippen LogP contribution in [0.15, 0.2) is 33.7 Å². The molecule has 2 aromatic rings. The first-order valence-electron chi connectivity index (χ1n) is 7.23. The van der Waals surface area contributed by atoms with Gasteiger partial charge in [0, 0.05) is 16.4 Å². The van der Waals surface area contributed by atoms with E-state index in [1.54, 1.807) is 6.07 Å². The highest BCUT2D eigenvalue weighted by atomic mass is 32.2. The molecule has 0 aliphatic heterocycles. The Hall–Kier alpha value is -1.75. The second-order valence-corrected chi connectivity index (χ2v) is 7.46. The Morgan fingerprint density at radius 3 is 2.55 bits per heavy atom. The van der Waals surface area contributed by atoms with Crippen LogP contribution in [-0.2, 0) is 10.2 Å². The van der Waals surface area contributed by atoms with Crippen LogP contribution in [0.5, 0.6) is 0 Å². The van der Waals surface area contributed by atoms with Gasteiger partial charge < -0.3 is 4.52 Å². The highest BCUT2D eigenvalue weighted by Crippen LogP contribution is 2.24. The van der Waals surface area contributed by atoms with Crippen molar-refractivity contribution in [2.45, 2.75) is 44.9 Å². The molecular weight excluding hydrogens is 296 g/mol. The van der Waals surface area contributed by atoms with Gasteiger partial charge in [-0.25, -0.2) is 0 Å². The van der Waals surface area contributed by atoms with Crippen molar-refractivity contribution in [3.8, 4) is 0 Å². The number of hydrogen-bond donors (Lipinski definition) is 1. The molecule has 22 heavy (non-hydrogen) atoms. The number of anilines is 1. The minimum atomic E-state index is -0.0974. The highest BCUT2D eigenvalue weighted by molar-refractivity contribution is 8.00. The summed E-state index contributed by atoms with van der Waals surface area (Å²) in [6.07, 6.45) is 0. The van der Waals surface area contributed by atoms with Crippen LogP contribution in [-0.4, -0.2) is 16.8 Å². The zero-order valence-electron chi connectivity index (χ0n) is 13.7. The van der Waals surface area contributed by atoms with E-state index in [4.69, 9.17) is 4.52 Å². The zero-order valence-corrected chi connectivity index (χ0v) is 14.5. The van der Waals surface area contributed by atoms with Crippen LogP contribution >= 0.6 is 11.8 Å². The Bertz CT molecular complexity index is 672. The number of carbonyl (C=O) groups excluding carboxylic acids is 1. The van der Waals surface area contributed by atoms with E-state index in [9.17, 15) is 4.79 Å². The molecule has 0 spiro atoms. The maximum Gasteiger partial charge on any atom is 0.237 e. The number of benzene rings is 1. The number of aryl methyl sites for hydroxylation is 2. The Morgan fingerprint density at radius 2 is 1.95 bits per heavy atom. The predicted octanol–water partition coefficient (Wildman–Crippen LogP) is 4.32. The molecule has 0 radical (unpaired) electrons. The molecule has 118 valence electrons. The van der Waals surface area contributed by atoms with Crippen molar-refractivity contribution in [3.63, 3.8) is 0 Å². The van der Waals surface area contributed by atoms with E-state index in [-0.39, 0.29) is 11.3 Å². The molecule has 0 bridgehead atoms. The normalized spacial score (nSPS) is 11.5. The van der Waals surface area contributed by atoms with Gasteiger partial charge in [-0.3, -0.25) is 10.1 Å². The molecule has 0 saturated carbocycles. The molecule has 1 aromatic heterocycles. The molecule has 0 aliphatic rings. The van der Waals surface area contributed by atoms with Gasteiger partial charge in [0.1, 0.15) is 0 Å². The quantitative estimate of drug-likeness (QED) is 0.853. The van der Waals surface area contributed by atoms with Crippen LogP contribution in [0.25, 0.3) is 0 Å². The van der Waals surface area contributed by atoms with Crippen molar-refractivity contribution in [2.75, 3.05) is 11.1 Å². The summed E-state index contributed by atoms with van der Waals surface area (Å²) in [5.41, 5.74) is 3.21. The summed E-state index contributed by atoms with van der Waals surface area (Å²) in [4.78, 5) is 13.1. The smallest absolute Gasteiger partial charge is 0.237 e. The van der Waals surface area contributed by atoms with Gasteiger partial charge in [-0.05, 0) is 37.1 Å². The molecule has 0 fully saturated rings. The second kappa shape index (κ2) is 6.57. The first kappa shape index (κ1) is 16.6. The van der Waals surface area contributed by atoms with Gasteiger partial charge in [-0.15, -0.1) is 11.8 Å². The molecule has 1 heterocycles. The number of hydrogen-bond acceptors (Lipinski definition) is 4. The summed E-state index contributed by atoms with van der Waals surface area (Å²) in [7, 11) is 0. The van der Waals surface area contributed by atoms with Crippen LogP contribution < -0.4 is 5.32 Å². The topological polar surface area (TPSA) is 55.1 Å². The van der Waals surface area contributed by atoms with Gasteiger partial charge in [-0.2, -0.15) is 0 Å². The largest absolute Gasteiger partial charge is 0.338 e. The highest BCUT2D eigenvalue weighted by Gasteiger charge is 2.19. The lowest BCUT2D eigenvalue weighted by Crippen LogP contribution is -2.14. The number of carbonyl (C=O) groups is 1. The Labute approximate surface area is 135 Å². The molecule has 1 amide bonds. The van der Waals surface area contributed by atoms with Crippen molar-refractivity contribution in [3.05, 3.63) is 41.1 Å². The van der Waals surface area contributed by atoms with Crippen molar-refractivity contribution in [1.82, 2.24) is 5.16 Å². The van der Waals surface area contributed by atoms with Crippen molar-refractivity contribution < 1.29 is 9.32 Å². The summed E-state index contributed by atoms with van der Waals surface area (Å²) in [5, 5.41) is 6.73. The SMILES string of the molecule is Cc1ccc(SCC(=O)Nc2cc(C(C)(C)C)no2)cc1C. The minimum absolute atomic E-state index is 0.0966. The molecule has 0 saturated heterocycles. The lowest BCUT2D eigenvalue weighted by Gasteiger charge is -2.12. The standard InChI is InChI=1S/C17H22N2O2S/c1-11-6-7-13(8-12(11)2)22-10-15(20)18-16-9-14(19-21-16)17(3,4)5/h6-9H,10H2,1-5H3,(H,18,20). The minimum Gasteiger partial charge on any atom is -0.338 e. The van der Waals surface area contributed by atoms with Crippen LogP contribution in [0.3, 0.4) is 0 Å². The van der Waals surface area contributed by atoms with Gasteiger partial charge in [0.15, 0.2) is 0 Å². The molecule has 2 rings (SSSR count). The number of nitrogens with one attached hydrogen (secondary N) is 1. The van der Waals surface area contributed by atoms with Gasteiger partial charge in [-0.1, -0.05) is 32.0 Å². The number of nitrogens with zero attached hydrogens (tertiary/aromatic N) is 1. The molecule has 0 unspecified atom stereocenters. The molecule has 1 aromatic carbocycles. The summed E-state index contributed by atoms with van der Waals surface area (Å²) in [6, 6.07) is 7.98. The van der Waals surface area contributed by atoms with Crippen LogP contribution in [0, 0.1) is 13.8 Å². The monoisotopic (exact) mass is 318 g/mol. The molecule has 0 aliphatic carbocycles. The maximum absolute atomic E-state index is 12.0. The summed E-state index contributed by atoms with van der Waals surface area (Å²) < 4.78 is 5.16. The fraction of sp³-hybridized carbons (Fsp3) is 0.412. The van der Waals surface area contributed by atoms with Crippen LogP contribution in [0.4, 0.5) is 5.88 Å². The van der Waals surface area contributed by atoms with Gasteiger partial charge >= 0.3 is 0 Å². The van der Waals surface area contributed by atoms with E-state index in [1.165, 1.54) is 22.9 Å². The van der Waals surface area contributed by atoms with E-state index in [0.29, 0.717) is 11.6 Å². The fourth-order valence-electron chi connectivity index (χ4n) is 1.81. The van der Waals surface area contributed by atoms with E-state index in [1.807, 2.05) is 26.8 Å². The third-order valence-electron chi connectivity index (χ3n) is 3.39. The lowest BCUT2D eigenvalue weighted by atomic mass is 9.92. The van der Waals surface area contributed by atoms with E-state index in [0.717, 1.165) is 10.6 Å². The first-order chi connectivity index (χ1) is 10.3. The van der Waals surface area contributed by atoms with Crippen LogP contribution in [0.2, 0.25) is 0 Å². The van der Waals surface area contributed by atoms with Gasteiger partial charge in [0.05, 0.1) is 11.4 Å². The van der Waals surface area contributed by atoms with E-state index < -0.39 is 0 Å². The molecule has 0 atom stereocenters. The number of thioether (sulfide) groups is 1. The number of aromatic nitrogens is 1. The van der Waals surface area contributed by atoms with Gasteiger partial charge in [0.25, 0.3) is 0 Å². The van der Waals surface area contributed by atoms with Crippen molar-refractivity contribution in [2.24, 2.45) is 0 Å². The average molecular weight is 318 g/mol. The predicted molar refractivity (Wildman–Crippen MR) is 90.5 cm³/mol. The zero-order chi connectivity index (χ0) is 16.3. The number of amides is 1. The molecule has 5 heteroatoms. The third kappa shape index (κ3) is 4.37. The summed E-state index contributed by atoms with van der Waals surface area (Å²) in [6.45, 7) is 10.3. The molecular formula is C17H22N2O2S. The molecule has 4 nitrogen and oxygen atoms in total. The van der Waals surface area contributed by atoms with E-state index >= 15 is 0 Å². The summed E-state index contributed by atoms with van der Waals surface area (Å²) in [5.74, 6) is 0.643. The van der Waals surface area contributed by atoms with Crippen LogP contribution in [0.1, 0.15) is 37.6 Å². The fourth-order valence-corrected chi connectivity index (χ4v) is 2.61. The second-order valence-electron chi connectivity index (χ2n) is 6.41. The Balaban J connectivity index is 1.90. The summed E-state index contributed by atoms with van der Waals surface area (Å²) >= 11 is 1.51. The Kier molecular flexibility index (Phi) is 4.96. The average Bonchev–Trinajstić information content (AvgIpc) is 2.88. The molecule has 1 N–H and O–H groups in total. The maximum atomic E-state index is 12.0. The first-order valence-corrected chi connectivity index (χ1v) is 8.21. The Morgan fingerprint density at radius 1 is 1.23 bits per heavy atom. The third-order valence-corrected chi connectivity index (χ3v) is 4.38. The van der Waals surface area contributed by atoms with Crippen molar-refractivity contribution >= 4 is 23.6 Å².